The van der Waals surface area contributed by atoms with Crippen molar-refractivity contribution in [3.63, 3.8) is 0 Å². The molecule has 0 saturated carbocycles. The molecule has 5 nitrogen and oxygen atoms in total. The van der Waals surface area contributed by atoms with E-state index in [1.165, 1.54) is 0 Å². The van der Waals surface area contributed by atoms with Crippen LogP contribution in [0.5, 0.6) is 0 Å². The summed E-state index contributed by atoms with van der Waals surface area (Å²) in [5.41, 5.74) is 3.54. The monoisotopic (exact) mass is 213 g/mol. The summed E-state index contributed by atoms with van der Waals surface area (Å²) in [7, 11) is 3.91. The minimum absolute atomic E-state index is 0.865. The maximum Gasteiger partial charge on any atom is 0.115 e. The molecule has 0 fully saturated rings. The van der Waals surface area contributed by atoms with Crippen molar-refractivity contribution >= 4 is 22.1 Å². The molecule has 0 unspecified atom stereocenters. The van der Waals surface area contributed by atoms with Crippen LogP contribution in [-0.2, 0) is 0 Å². The first-order valence-electron chi connectivity index (χ1n) is 5.01. The van der Waals surface area contributed by atoms with E-state index in [2.05, 4.69) is 15.0 Å². The van der Waals surface area contributed by atoms with Crippen molar-refractivity contribution < 1.29 is 0 Å². The number of pyridine rings is 1. The Morgan fingerprint density at radius 3 is 2.69 bits per heavy atom. The molecule has 0 aliphatic rings. The molecule has 80 valence electrons. The molecular weight excluding hydrogens is 202 g/mol. The van der Waals surface area contributed by atoms with Crippen LogP contribution in [0.1, 0.15) is 0 Å². The number of nitrogens with zero attached hydrogens (tertiary/aromatic N) is 5. The van der Waals surface area contributed by atoms with Crippen molar-refractivity contribution in [1.82, 2.24) is 19.6 Å². The van der Waals surface area contributed by atoms with Gasteiger partial charge in [-0.3, -0.25) is 9.66 Å². The standard InChI is InChI=1S/C11H11N5/c1-15(2)16-6-11-10(13-7-16)5-9-8(14-11)3-4-12-9/h3-7H,1-2H3. The van der Waals surface area contributed by atoms with Crippen LogP contribution in [0.15, 0.2) is 30.9 Å². The molecule has 0 radical (unpaired) electrons. The minimum Gasteiger partial charge on any atom is -0.318 e. The van der Waals surface area contributed by atoms with Gasteiger partial charge in [-0.1, -0.05) is 0 Å². The van der Waals surface area contributed by atoms with Crippen LogP contribution < -0.4 is 5.01 Å². The van der Waals surface area contributed by atoms with Gasteiger partial charge in [-0.05, 0) is 12.1 Å². The second-order valence-corrected chi connectivity index (χ2v) is 3.84. The summed E-state index contributed by atoms with van der Waals surface area (Å²) in [5.74, 6) is 0. The lowest BCUT2D eigenvalue weighted by atomic mass is 10.3. The Morgan fingerprint density at radius 1 is 1.06 bits per heavy atom. The quantitative estimate of drug-likeness (QED) is 0.609. The number of fused-ring (bicyclic) bond motifs is 2. The van der Waals surface area contributed by atoms with Crippen molar-refractivity contribution in [2.45, 2.75) is 0 Å². The minimum atomic E-state index is 0.865. The smallest absolute Gasteiger partial charge is 0.115 e. The van der Waals surface area contributed by atoms with Gasteiger partial charge in [0.2, 0.25) is 0 Å². The van der Waals surface area contributed by atoms with E-state index in [4.69, 9.17) is 0 Å². The Balaban J connectivity index is 2.33. The van der Waals surface area contributed by atoms with Gasteiger partial charge in [-0.15, -0.1) is 0 Å². The molecule has 0 aliphatic heterocycles. The van der Waals surface area contributed by atoms with Crippen LogP contribution in [0, 0.1) is 0 Å². The largest absolute Gasteiger partial charge is 0.318 e. The van der Waals surface area contributed by atoms with Gasteiger partial charge in [-0.2, -0.15) is 0 Å². The van der Waals surface area contributed by atoms with Crippen LogP contribution >= 0.6 is 0 Å². The Kier molecular flexibility index (Phi) is 1.80. The van der Waals surface area contributed by atoms with Crippen molar-refractivity contribution in [1.29, 1.82) is 0 Å². The highest BCUT2D eigenvalue weighted by atomic mass is 15.5. The fourth-order valence-corrected chi connectivity index (χ4v) is 1.63. The van der Waals surface area contributed by atoms with Crippen LogP contribution in [0.3, 0.4) is 0 Å². The third kappa shape index (κ3) is 1.29. The zero-order valence-corrected chi connectivity index (χ0v) is 9.12. The summed E-state index contributed by atoms with van der Waals surface area (Å²) >= 11 is 0. The van der Waals surface area contributed by atoms with E-state index in [9.17, 15) is 0 Å². The summed E-state index contributed by atoms with van der Waals surface area (Å²) in [5, 5.41) is 1.93. The molecule has 3 rings (SSSR count). The molecule has 16 heavy (non-hydrogen) atoms. The maximum absolute atomic E-state index is 4.51. The van der Waals surface area contributed by atoms with E-state index >= 15 is 0 Å². The molecule has 3 aromatic rings. The molecule has 0 saturated heterocycles. The average molecular weight is 213 g/mol. The Bertz CT molecular complexity index is 656. The lowest BCUT2D eigenvalue weighted by Gasteiger charge is -2.15. The molecule has 0 bridgehead atoms. The lowest BCUT2D eigenvalue weighted by molar-refractivity contribution is 0.714. The van der Waals surface area contributed by atoms with Gasteiger partial charge < -0.3 is 5.01 Å². The second-order valence-electron chi connectivity index (χ2n) is 3.84. The fraction of sp³-hybridized carbons (Fsp3) is 0.182. The summed E-state index contributed by atoms with van der Waals surface area (Å²) in [6, 6.07) is 3.86. The van der Waals surface area contributed by atoms with Gasteiger partial charge in [0.15, 0.2) is 0 Å². The van der Waals surface area contributed by atoms with Gasteiger partial charge in [0, 0.05) is 20.3 Å². The number of aromatic nitrogens is 4. The normalized spacial score (nSPS) is 11.1. The molecule has 0 amide bonds. The SMILES string of the molecule is CN(C)n1cnc2cc3nccc3nc2c1. The first kappa shape index (κ1) is 9.08. The van der Waals surface area contributed by atoms with Gasteiger partial charge in [0.1, 0.15) is 11.8 Å². The van der Waals surface area contributed by atoms with Crippen molar-refractivity contribution in [3.05, 3.63) is 30.9 Å². The molecular formula is C11H11N5. The topological polar surface area (TPSA) is 46.8 Å². The third-order valence-electron chi connectivity index (χ3n) is 2.52. The van der Waals surface area contributed by atoms with Crippen molar-refractivity contribution in [3.8, 4) is 0 Å². The van der Waals surface area contributed by atoms with Gasteiger partial charge in [0.05, 0.1) is 22.7 Å². The molecule has 3 aromatic heterocycles. The molecule has 0 spiro atoms. The second kappa shape index (κ2) is 3.16. The van der Waals surface area contributed by atoms with E-state index in [1.807, 2.05) is 42.1 Å². The van der Waals surface area contributed by atoms with Gasteiger partial charge in [0.25, 0.3) is 0 Å². The first-order valence-corrected chi connectivity index (χ1v) is 5.01. The first-order chi connectivity index (χ1) is 7.74. The number of rotatable bonds is 1. The summed E-state index contributed by atoms with van der Waals surface area (Å²) in [6.45, 7) is 0. The number of hydrogen-bond acceptors (Lipinski definition) is 4. The molecule has 3 heterocycles. The zero-order valence-electron chi connectivity index (χ0n) is 9.12. The molecule has 0 aliphatic carbocycles. The molecule has 5 heteroatoms. The van der Waals surface area contributed by atoms with Crippen molar-refractivity contribution in [2.24, 2.45) is 0 Å². The summed E-state index contributed by atoms with van der Waals surface area (Å²) < 4.78 is 1.89. The zero-order chi connectivity index (χ0) is 11.1. The third-order valence-corrected chi connectivity index (χ3v) is 2.52. The highest BCUT2D eigenvalue weighted by Crippen LogP contribution is 2.15. The molecule has 0 aromatic carbocycles. The maximum atomic E-state index is 4.51. The fourth-order valence-electron chi connectivity index (χ4n) is 1.63. The summed E-state index contributed by atoms with van der Waals surface area (Å²) in [6.07, 6.45) is 5.48. The summed E-state index contributed by atoms with van der Waals surface area (Å²) in [4.78, 5) is 13.1. The Hall–Kier alpha value is -2.17. The van der Waals surface area contributed by atoms with E-state index < -0.39 is 0 Å². The molecule has 0 N–H and O–H groups in total. The van der Waals surface area contributed by atoms with E-state index in [0.29, 0.717) is 0 Å². The number of hydrogen-bond donors (Lipinski definition) is 0. The lowest BCUT2D eigenvalue weighted by Crippen LogP contribution is -2.24. The van der Waals surface area contributed by atoms with Crippen LogP contribution in [0.4, 0.5) is 0 Å². The van der Waals surface area contributed by atoms with Gasteiger partial charge in [-0.25, -0.2) is 9.97 Å². The predicted molar refractivity (Wildman–Crippen MR) is 62.9 cm³/mol. The Labute approximate surface area is 92.3 Å². The van der Waals surface area contributed by atoms with E-state index in [0.717, 1.165) is 22.1 Å². The van der Waals surface area contributed by atoms with Crippen LogP contribution in [0.25, 0.3) is 22.1 Å². The average Bonchev–Trinajstić information content (AvgIpc) is 2.71. The Morgan fingerprint density at radius 2 is 1.88 bits per heavy atom. The van der Waals surface area contributed by atoms with Crippen molar-refractivity contribution in [2.75, 3.05) is 19.1 Å². The molecule has 0 atom stereocenters. The van der Waals surface area contributed by atoms with E-state index in [1.54, 1.807) is 12.5 Å². The highest BCUT2D eigenvalue weighted by molar-refractivity contribution is 5.88. The predicted octanol–water partition coefficient (Wildman–Crippen LogP) is 1.18. The van der Waals surface area contributed by atoms with Crippen LogP contribution in [-0.4, -0.2) is 33.7 Å². The van der Waals surface area contributed by atoms with Crippen LogP contribution in [0.2, 0.25) is 0 Å². The van der Waals surface area contributed by atoms with Gasteiger partial charge >= 0.3 is 0 Å². The highest BCUT2D eigenvalue weighted by Gasteiger charge is 2.03. The van der Waals surface area contributed by atoms with E-state index in [-0.39, 0.29) is 0 Å².